The molecule has 0 aliphatic carbocycles. The monoisotopic (exact) mass is 321 g/mol. The van der Waals surface area contributed by atoms with Crippen LogP contribution in [0.15, 0.2) is 17.1 Å². The molecular formula is C20H39N3. The standard InChI is InChI=1S/C20H39N3/c1-3-4-5-6-7-8-9-10-11-12-13-14-15-16-20-22-17-18-23(20)19(2)21/h9-10,19H,3-8,11-18,21H2,1-2H3/b10-9+. The average Bonchev–Trinajstić information content (AvgIpc) is 3.00. The van der Waals surface area contributed by atoms with Gasteiger partial charge in [-0.1, -0.05) is 57.6 Å². The highest BCUT2D eigenvalue weighted by Crippen LogP contribution is 2.13. The van der Waals surface area contributed by atoms with Crippen LogP contribution in [0.5, 0.6) is 0 Å². The molecule has 0 radical (unpaired) electrons. The third kappa shape index (κ3) is 9.80. The fourth-order valence-electron chi connectivity index (χ4n) is 3.17. The number of hydrogen-bond donors (Lipinski definition) is 1. The number of hydrogen-bond acceptors (Lipinski definition) is 3. The van der Waals surface area contributed by atoms with Crippen LogP contribution in [0.4, 0.5) is 0 Å². The summed E-state index contributed by atoms with van der Waals surface area (Å²) in [7, 11) is 0. The average molecular weight is 322 g/mol. The number of unbranched alkanes of at least 4 members (excludes halogenated alkanes) is 9. The minimum Gasteiger partial charge on any atom is -0.343 e. The van der Waals surface area contributed by atoms with Gasteiger partial charge in [-0.3, -0.25) is 4.99 Å². The van der Waals surface area contributed by atoms with E-state index in [0.29, 0.717) is 0 Å². The molecule has 1 aliphatic rings. The Morgan fingerprint density at radius 1 is 1.00 bits per heavy atom. The third-order valence-electron chi connectivity index (χ3n) is 4.62. The lowest BCUT2D eigenvalue weighted by Gasteiger charge is -2.24. The van der Waals surface area contributed by atoms with Gasteiger partial charge in [-0.2, -0.15) is 0 Å². The van der Waals surface area contributed by atoms with Crippen molar-refractivity contribution < 1.29 is 0 Å². The molecule has 0 aromatic rings. The van der Waals surface area contributed by atoms with Gasteiger partial charge in [-0.05, 0) is 39.0 Å². The second kappa shape index (κ2) is 13.6. The van der Waals surface area contributed by atoms with Crippen LogP contribution in [-0.4, -0.2) is 30.0 Å². The summed E-state index contributed by atoms with van der Waals surface area (Å²) in [6.07, 6.45) is 20.7. The Balaban J connectivity index is 1.88. The Labute approximate surface area is 144 Å². The van der Waals surface area contributed by atoms with Gasteiger partial charge in [-0.15, -0.1) is 0 Å². The molecule has 2 N–H and O–H groups in total. The molecule has 3 nitrogen and oxygen atoms in total. The number of nitrogens with two attached hydrogens (primary N) is 1. The second-order valence-corrected chi connectivity index (χ2v) is 6.86. The van der Waals surface area contributed by atoms with Crippen molar-refractivity contribution in [2.75, 3.05) is 13.1 Å². The highest BCUT2D eigenvalue weighted by Gasteiger charge is 2.18. The van der Waals surface area contributed by atoms with Crippen LogP contribution in [0.25, 0.3) is 0 Å². The van der Waals surface area contributed by atoms with Crippen molar-refractivity contribution in [2.45, 2.75) is 97.1 Å². The Morgan fingerprint density at radius 3 is 2.22 bits per heavy atom. The van der Waals surface area contributed by atoms with Gasteiger partial charge >= 0.3 is 0 Å². The van der Waals surface area contributed by atoms with E-state index in [1.54, 1.807) is 0 Å². The molecule has 23 heavy (non-hydrogen) atoms. The minimum absolute atomic E-state index is 0.114. The van der Waals surface area contributed by atoms with E-state index in [-0.39, 0.29) is 6.17 Å². The fourth-order valence-corrected chi connectivity index (χ4v) is 3.17. The summed E-state index contributed by atoms with van der Waals surface area (Å²) in [5.41, 5.74) is 5.97. The topological polar surface area (TPSA) is 41.6 Å². The van der Waals surface area contributed by atoms with E-state index in [0.717, 1.165) is 19.5 Å². The maximum absolute atomic E-state index is 5.97. The van der Waals surface area contributed by atoms with Crippen LogP contribution in [0.3, 0.4) is 0 Å². The highest BCUT2D eigenvalue weighted by atomic mass is 15.3. The zero-order valence-electron chi connectivity index (χ0n) is 15.6. The first-order chi connectivity index (χ1) is 11.3. The molecule has 1 heterocycles. The summed E-state index contributed by atoms with van der Waals surface area (Å²) in [5.74, 6) is 1.24. The molecule has 0 bridgehead atoms. The summed E-state index contributed by atoms with van der Waals surface area (Å²) >= 11 is 0. The molecular weight excluding hydrogens is 282 g/mol. The Morgan fingerprint density at radius 2 is 1.61 bits per heavy atom. The Kier molecular flexibility index (Phi) is 11.9. The zero-order valence-corrected chi connectivity index (χ0v) is 15.6. The summed E-state index contributed by atoms with van der Waals surface area (Å²) in [4.78, 5) is 6.84. The third-order valence-corrected chi connectivity index (χ3v) is 4.62. The van der Waals surface area contributed by atoms with E-state index in [1.807, 2.05) is 0 Å². The summed E-state index contributed by atoms with van der Waals surface area (Å²) in [6.45, 7) is 6.27. The van der Waals surface area contributed by atoms with E-state index < -0.39 is 0 Å². The van der Waals surface area contributed by atoms with Gasteiger partial charge in [0.25, 0.3) is 0 Å². The molecule has 1 aliphatic heterocycles. The van der Waals surface area contributed by atoms with Crippen LogP contribution in [-0.2, 0) is 0 Å². The van der Waals surface area contributed by atoms with Crippen LogP contribution in [0.1, 0.15) is 90.9 Å². The van der Waals surface area contributed by atoms with Crippen molar-refractivity contribution in [1.82, 2.24) is 4.90 Å². The molecule has 134 valence electrons. The van der Waals surface area contributed by atoms with E-state index in [1.165, 1.54) is 76.5 Å². The summed E-state index contributed by atoms with van der Waals surface area (Å²) in [6, 6.07) is 0. The van der Waals surface area contributed by atoms with E-state index in [4.69, 9.17) is 5.73 Å². The Hall–Kier alpha value is -0.830. The van der Waals surface area contributed by atoms with Gasteiger partial charge in [0.1, 0.15) is 5.84 Å². The first-order valence-electron chi connectivity index (χ1n) is 9.96. The molecule has 0 amide bonds. The number of amidine groups is 1. The zero-order chi connectivity index (χ0) is 16.8. The maximum Gasteiger partial charge on any atom is 0.100 e. The van der Waals surface area contributed by atoms with Crippen LogP contribution >= 0.6 is 0 Å². The molecule has 1 atom stereocenters. The van der Waals surface area contributed by atoms with Gasteiger partial charge in [0, 0.05) is 13.0 Å². The lowest BCUT2D eigenvalue weighted by Crippen LogP contribution is -2.41. The summed E-state index contributed by atoms with van der Waals surface area (Å²) < 4.78 is 0. The first-order valence-corrected chi connectivity index (χ1v) is 9.96. The van der Waals surface area contributed by atoms with Gasteiger partial charge in [0.2, 0.25) is 0 Å². The lowest BCUT2D eigenvalue weighted by atomic mass is 10.1. The molecule has 0 aromatic heterocycles. The Bertz CT molecular complexity index is 334. The normalized spacial score (nSPS) is 16.3. The smallest absolute Gasteiger partial charge is 0.100 e. The van der Waals surface area contributed by atoms with Crippen molar-refractivity contribution in [2.24, 2.45) is 10.7 Å². The number of aliphatic imine (C=N–C) groups is 1. The van der Waals surface area contributed by atoms with Gasteiger partial charge in [-0.25, -0.2) is 0 Å². The minimum atomic E-state index is 0.114. The number of rotatable bonds is 14. The van der Waals surface area contributed by atoms with Crippen molar-refractivity contribution in [3.63, 3.8) is 0 Å². The molecule has 0 fully saturated rings. The summed E-state index contributed by atoms with van der Waals surface area (Å²) in [5, 5.41) is 0. The molecule has 1 rings (SSSR count). The maximum atomic E-state index is 5.97. The van der Waals surface area contributed by atoms with Crippen LogP contribution in [0, 0.1) is 0 Å². The number of nitrogens with zero attached hydrogens (tertiary/aromatic N) is 2. The van der Waals surface area contributed by atoms with Crippen LogP contribution in [0.2, 0.25) is 0 Å². The molecule has 3 heteroatoms. The van der Waals surface area contributed by atoms with Gasteiger partial charge in [0.15, 0.2) is 0 Å². The quantitative estimate of drug-likeness (QED) is 0.350. The largest absolute Gasteiger partial charge is 0.343 e. The van der Waals surface area contributed by atoms with Gasteiger partial charge < -0.3 is 10.6 Å². The molecule has 0 saturated heterocycles. The second-order valence-electron chi connectivity index (χ2n) is 6.86. The lowest BCUT2D eigenvalue weighted by molar-refractivity contribution is 0.359. The fraction of sp³-hybridized carbons (Fsp3) is 0.850. The van der Waals surface area contributed by atoms with Crippen molar-refractivity contribution in [3.8, 4) is 0 Å². The number of allylic oxidation sites excluding steroid dienone is 2. The SMILES string of the molecule is CCCCCCC/C=C/CCCCCCC1=NCCN1C(C)N. The molecule has 0 spiro atoms. The molecule has 0 aromatic carbocycles. The van der Waals surface area contributed by atoms with Crippen molar-refractivity contribution in [1.29, 1.82) is 0 Å². The highest BCUT2D eigenvalue weighted by molar-refractivity contribution is 5.83. The predicted molar refractivity (Wildman–Crippen MR) is 103 cm³/mol. The van der Waals surface area contributed by atoms with Gasteiger partial charge in [0.05, 0.1) is 12.7 Å². The van der Waals surface area contributed by atoms with E-state index in [9.17, 15) is 0 Å². The predicted octanol–water partition coefficient (Wildman–Crippen LogP) is 5.26. The molecule has 0 saturated carbocycles. The van der Waals surface area contributed by atoms with Crippen molar-refractivity contribution in [3.05, 3.63) is 12.2 Å². The molecule has 1 unspecified atom stereocenters. The van der Waals surface area contributed by atoms with Crippen molar-refractivity contribution >= 4 is 5.84 Å². The van der Waals surface area contributed by atoms with E-state index in [2.05, 4.69) is 35.9 Å². The first kappa shape index (κ1) is 20.2. The van der Waals surface area contributed by atoms with Crippen LogP contribution < -0.4 is 5.73 Å². The van der Waals surface area contributed by atoms with E-state index >= 15 is 0 Å².